The molecule has 5 heteroatoms. The zero-order valence-electron chi connectivity index (χ0n) is 12.0. The van der Waals surface area contributed by atoms with Crippen molar-refractivity contribution in [3.63, 3.8) is 0 Å². The van der Waals surface area contributed by atoms with Gasteiger partial charge in [-0.1, -0.05) is 30.3 Å². The first-order chi connectivity index (χ1) is 10.3. The minimum Gasteiger partial charge on any atom is -0.335 e. The van der Waals surface area contributed by atoms with Crippen molar-refractivity contribution in [3.05, 3.63) is 54.1 Å². The van der Waals surface area contributed by atoms with E-state index in [0.29, 0.717) is 18.8 Å². The Bertz CT molecular complexity index is 608. The molecule has 1 aliphatic heterocycles. The van der Waals surface area contributed by atoms with E-state index in [-0.39, 0.29) is 11.9 Å². The van der Waals surface area contributed by atoms with Crippen LogP contribution in [-0.2, 0) is 6.54 Å². The first-order valence-electron chi connectivity index (χ1n) is 7.37. The molecule has 3 rings (SSSR count). The van der Waals surface area contributed by atoms with Gasteiger partial charge < -0.3 is 15.2 Å². The monoisotopic (exact) mass is 284 g/mol. The van der Waals surface area contributed by atoms with Crippen molar-refractivity contribution in [2.45, 2.75) is 25.4 Å². The van der Waals surface area contributed by atoms with Crippen molar-refractivity contribution in [2.75, 3.05) is 13.1 Å². The van der Waals surface area contributed by atoms with Crippen LogP contribution in [-0.4, -0.2) is 33.4 Å². The molecular formula is C16H20N4O. The van der Waals surface area contributed by atoms with E-state index >= 15 is 0 Å². The van der Waals surface area contributed by atoms with E-state index in [4.69, 9.17) is 5.73 Å². The normalized spacial score (nSPS) is 18.1. The molecule has 0 saturated carbocycles. The Morgan fingerprint density at radius 3 is 2.90 bits per heavy atom. The minimum absolute atomic E-state index is 0.0112. The van der Waals surface area contributed by atoms with Crippen LogP contribution in [0, 0.1) is 0 Å². The third-order valence-electron chi connectivity index (χ3n) is 3.94. The Labute approximate surface area is 124 Å². The molecule has 110 valence electrons. The van der Waals surface area contributed by atoms with Gasteiger partial charge in [-0.3, -0.25) is 4.79 Å². The molecule has 0 radical (unpaired) electrons. The van der Waals surface area contributed by atoms with Crippen molar-refractivity contribution in [1.29, 1.82) is 0 Å². The molecule has 1 saturated heterocycles. The van der Waals surface area contributed by atoms with Gasteiger partial charge in [0.1, 0.15) is 5.69 Å². The lowest BCUT2D eigenvalue weighted by Gasteiger charge is -2.24. The van der Waals surface area contributed by atoms with Gasteiger partial charge in [-0.25, -0.2) is 4.98 Å². The fourth-order valence-corrected chi connectivity index (χ4v) is 2.92. The van der Waals surface area contributed by atoms with E-state index in [9.17, 15) is 4.79 Å². The summed E-state index contributed by atoms with van der Waals surface area (Å²) < 4.78 is 1.86. The van der Waals surface area contributed by atoms with Crippen molar-refractivity contribution in [2.24, 2.45) is 5.73 Å². The van der Waals surface area contributed by atoms with Crippen LogP contribution in [0.5, 0.6) is 0 Å². The van der Waals surface area contributed by atoms with Gasteiger partial charge >= 0.3 is 0 Å². The zero-order chi connectivity index (χ0) is 14.7. The second-order valence-electron chi connectivity index (χ2n) is 5.35. The van der Waals surface area contributed by atoms with Crippen molar-refractivity contribution in [3.8, 4) is 0 Å². The first-order valence-corrected chi connectivity index (χ1v) is 7.37. The van der Waals surface area contributed by atoms with Gasteiger partial charge in [0, 0.05) is 25.8 Å². The van der Waals surface area contributed by atoms with E-state index in [0.717, 1.165) is 19.4 Å². The molecule has 1 atom stereocenters. The van der Waals surface area contributed by atoms with E-state index in [1.807, 2.05) is 27.7 Å². The van der Waals surface area contributed by atoms with E-state index in [2.05, 4.69) is 17.1 Å². The SMILES string of the molecule is NCCn1cnc(C(=O)N2CCCC2c2ccccc2)c1. The third-order valence-corrected chi connectivity index (χ3v) is 3.94. The van der Waals surface area contributed by atoms with Gasteiger partial charge in [-0.15, -0.1) is 0 Å². The number of nitrogens with two attached hydrogens (primary N) is 1. The third kappa shape index (κ3) is 2.83. The lowest BCUT2D eigenvalue weighted by molar-refractivity contribution is 0.0730. The highest BCUT2D eigenvalue weighted by molar-refractivity contribution is 5.92. The highest BCUT2D eigenvalue weighted by Gasteiger charge is 2.31. The minimum atomic E-state index is 0.0112. The fraction of sp³-hybridized carbons (Fsp3) is 0.375. The average molecular weight is 284 g/mol. The Morgan fingerprint density at radius 1 is 1.33 bits per heavy atom. The number of hydrogen-bond acceptors (Lipinski definition) is 3. The largest absolute Gasteiger partial charge is 0.335 e. The topological polar surface area (TPSA) is 64.2 Å². The molecular weight excluding hydrogens is 264 g/mol. The maximum Gasteiger partial charge on any atom is 0.274 e. The number of amides is 1. The van der Waals surface area contributed by atoms with Crippen molar-refractivity contribution < 1.29 is 4.79 Å². The van der Waals surface area contributed by atoms with E-state index < -0.39 is 0 Å². The Hall–Kier alpha value is -2.14. The summed E-state index contributed by atoms with van der Waals surface area (Å²) in [6.45, 7) is 2.02. The highest BCUT2D eigenvalue weighted by atomic mass is 16.2. The van der Waals surface area contributed by atoms with Crippen LogP contribution in [0.15, 0.2) is 42.9 Å². The number of likely N-dealkylation sites (tertiary alicyclic amines) is 1. The zero-order valence-corrected chi connectivity index (χ0v) is 12.0. The molecule has 2 heterocycles. The molecule has 1 aromatic carbocycles. The lowest BCUT2D eigenvalue weighted by atomic mass is 10.0. The second kappa shape index (κ2) is 6.10. The highest BCUT2D eigenvalue weighted by Crippen LogP contribution is 2.32. The van der Waals surface area contributed by atoms with Crippen LogP contribution < -0.4 is 5.73 Å². The van der Waals surface area contributed by atoms with Gasteiger partial charge in [0.05, 0.1) is 12.4 Å². The predicted octanol–water partition coefficient (Wildman–Crippen LogP) is 1.82. The van der Waals surface area contributed by atoms with Crippen LogP contribution in [0.2, 0.25) is 0 Å². The van der Waals surface area contributed by atoms with Gasteiger partial charge in [-0.2, -0.15) is 0 Å². The molecule has 5 nitrogen and oxygen atoms in total. The first kappa shape index (κ1) is 13.8. The summed E-state index contributed by atoms with van der Waals surface area (Å²) in [7, 11) is 0. The number of nitrogens with zero attached hydrogens (tertiary/aromatic N) is 3. The predicted molar refractivity (Wildman–Crippen MR) is 80.7 cm³/mol. The van der Waals surface area contributed by atoms with Crippen LogP contribution in [0.4, 0.5) is 0 Å². The van der Waals surface area contributed by atoms with E-state index in [1.165, 1.54) is 5.56 Å². The van der Waals surface area contributed by atoms with Crippen molar-refractivity contribution >= 4 is 5.91 Å². The number of aromatic nitrogens is 2. The van der Waals surface area contributed by atoms with Gasteiger partial charge in [0.15, 0.2) is 0 Å². The smallest absolute Gasteiger partial charge is 0.274 e. The van der Waals surface area contributed by atoms with Crippen molar-refractivity contribution in [1.82, 2.24) is 14.5 Å². The number of rotatable bonds is 4. The quantitative estimate of drug-likeness (QED) is 0.931. The van der Waals surface area contributed by atoms with Gasteiger partial charge in [-0.05, 0) is 18.4 Å². The standard InChI is InChI=1S/C16H20N4O/c17-8-10-19-11-14(18-12-19)16(21)20-9-4-7-15(20)13-5-2-1-3-6-13/h1-3,5-6,11-12,15H,4,7-10,17H2. The number of carbonyl (C=O) groups excluding carboxylic acids is 1. The molecule has 1 aliphatic rings. The number of imidazole rings is 1. The molecule has 1 unspecified atom stereocenters. The number of hydrogen-bond donors (Lipinski definition) is 1. The summed E-state index contributed by atoms with van der Waals surface area (Å²) in [6, 6.07) is 10.4. The van der Waals surface area contributed by atoms with Crippen LogP contribution in [0.25, 0.3) is 0 Å². The number of carbonyl (C=O) groups is 1. The molecule has 0 spiro atoms. The van der Waals surface area contributed by atoms with Gasteiger partial charge in [0.2, 0.25) is 0 Å². The molecule has 2 N–H and O–H groups in total. The lowest BCUT2D eigenvalue weighted by Crippen LogP contribution is -2.30. The molecule has 1 amide bonds. The number of benzene rings is 1. The second-order valence-corrected chi connectivity index (χ2v) is 5.35. The Balaban J connectivity index is 1.79. The Morgan fingerprint density at radius 2 is 2.14 bits per heavy atom. The molecule has 0 bridgehead atoms. The van der Waals surface area contributed by atoms with Gasteiger partial charge in [0.25, 0.3) is 5.91 Å². The fourth-order valence-electron chi connectivity index (χ4n) is 2.92. The molecule has 1 aromatic heterocycles. The summed E-state index contributed by atoms with van der Waals surface area (Å²) in [4.78, 5) is 18.8. The maximum absolute atomic E-state index is 12.7. The summed E-state index contributed by atoms with van der Waals surface area (Å²) in [6.07, 6.45) is 5.51. The molecule has 0 aliphatic carbocycles. The van der Waals surface area contributed by atoms with E-state index in [1.54, 1.807) is 12.5 Å². The average Bonchev–Trinajstić information content (AvgIpc) is 3.17. The van der Waals surface area contributed by atoms with Crippen LogP contribution >= 0.6 is 0 Å². The summed E-state index contributed by atoms with van der Waals surface area (Å²) in [5, 5.41) is 0. The van der Waals surface area contributed by atoms with Crippen LogP contribution in [0.3, 0.4) is 0 Å². The molecule has 1 fully saturated rings. The molecule has 21 heavy (non-hydrogen) atoms. The summed E-state index contributed by atoms with van der Waals surface area (Å²) in [5.41, 5.74) is 7.23. The summed E-state index contributed by atoms with van der Waals surface area (Å²) in [5.74, 6) is 0.0112. The van der Waals surface area contributed by atoms with Crippen LogP contribution in [0.1, 0.15) is 34.9 Å². The molecule has 2 aromatic rings. The maximum atomic E-state index is 12.7. The summed E-state index contributed by atoms with van der Waals surface area (Å²) >= 11 is 0. The Kier molecular flexibility index (Phi) is 4.01.